The molecule has 0 radical (unpaired) electrons. The first-order valence-corrected chi connectivity index (χ1v) is 11.7. The molecule has 5 rings (SSSR count). The summed E-state index contributed by atoms with van der Waals surface area (Å²) in [5.74, 6) is 0.577. The SMILES string of the molecule is O=C(CCc1ccccc1)N1CCN(c2nc3cccnc3n(Cc3ccccc3)c2=O)CC1. The van der Waals surface area contributed by atoms with Crippen molar-refractivity contribution in [2.24, 2.45) is 0 Å². The highest BCUT2D eigenvalue weighted by molar-refractivity contribution is 5.77. The molecule has 2 aromatic heterocycles. The number of nitrogens with zero attached hydrogens (tertiary/aromatic N) is 5. The lowest BCUT2D eigenvalue weighted by atomic mass is 10.1. The Bertz CT molecular complexity index is 1330. The minimum atomic E-state index is -0.154. The molecule has 1 aliphatic rings. The molecule has 1 saturated heterocycles. The van der Waals surface area contributed by atoms with Gasteiger partial charge in [-0.15, -0.1) is 0 Å². The van der Waals surface area contributed by atoms with Gasteiger partial charge in [0.25, 0.3) is 5.56 Å². The van der Waals surface area contributed by atoms with Crippen LogP contribution >= 0.6 is 0 Å². The van der Waals surface area contributed by atoms with E-state index in [4.69, 9.17) is 0 Å². The molecule has 2 aromatic carbocycles. The van der Waals surface area contributed by atoms with Gasteiger partial charge in [-0.2, -0.15) is 0 Å². The molecule has 1 amide bonds. The second-order valence-corrected chi connectivity index (χ2v) is 8.51. The van der Waals surface area contributed by atoms with Crippen molar-refractivity contribution in [3.8, 4) is 0 Å². The van der Waals surface area contributed by atoms with Crippen LogP contribution in [-0.4, -0.2) is 51.5 Å². The predicted octanol–water partition coefficient (Wildman–Crippen LogP) is 3.12. The number of carbonyl (C=O) groups is 1. The van der Waals surface area contributed by atoms with Gasteiger partial charge in [0.1, 0.15) is 5.52 Å². The van der Waals surface area contributed by atoms with Crippen LogP contribution in [0.1, 0.15) is 17.5 Å². The van der Waals surface area contributed by atoms with Crippen molar-refractivity contribution in [2.45, 2.75) is 19.4 Å². The molecule has 4 aromatic rings. The topological polar surface area (TPSA) is 71.3 Å². The number of aromatic nitrogens is 3. The summed E-state index contributed by atoms with van der Waals surface area (Å²) in [7, 11) is 0. The van der Waals surface area contributed by atoms with Crippen molar-refractivity contribution in [1.29, 1.82) is 0 Å². The second-order valence-electron chi connectivity index (χ2n) is 8.51. The van der Waals surface area contributed by atoms with Crippen LogP contribution in [0.4, 0.5) is 5.82 Å². The Labute approximate surface area is 198 Å². The zero-order valence-corrected chi connectivity index (χ0v) is 19.0. The van der Waals surface area contributed by atoms with Crippen molar-refractivity contribution in [3.63, 3.8) is 0 Å². The van der Waals surface area contributed by atoms with Crippen LogP contribution in [0.2, 0.25) is 0 Å². The average Bonchev–Trinajstić information content (AvgIpc) is 2.90. The highest BCUT2D eigenvalue weighted by Gasteiger charge is 2.25. The predicted molar refractivity (Wildman–Crippen MR) is 133 cm³/mol. The largest absolute Gasteiger partial charge is 0.348 e. The fourth-order valence-electron chi connectivity index (χ4n) is 4.40. The molecule has 1 fully saturated rings. The number of aryl methyl sites for hydroxylation is 1. The summed E-state index contributed by atoms with van der Waals surface area (Å²) in [6.45, 7) is 2.75. The zero-order chi connectivity index (χ0) is 23.3. The lowest BCUT2D eigenvalue weighted by Gasteiger charge is -2.35. The summed E-state index contributed by atoms with van der Waals surface area (Å²) in [6, 6.07) is 23.7. The molecule has 3 heterocycles. The van der Waals surface area contributed by atoms with Gasteiger partial charge in [-0.05, 0) is 29.7 Å². The summed E-state index contributed by atoms with van der Waals surface area (Å²) in [5, 5.41) is 0. The van der Waals surface area contributed by atoms with E-state index in [0.717, 1.165) is 12.0 Å². The van der Waals surface area contributed by atoms with Gasteiger partial charge >= 0.3 is 0 Å². The number of pyridine rings is 1. The molecule has 0 bridgehead atoms. The number of anilines is 1. The van der Waals surface area contributed by atoms with E-state index in [-0.39, 0.29) is 11.5 Å². The Hall–Kier alpha value is -4.00. The summed E-state index contributed by atoms with van der Waals surface area (Å²) in [5.41, 5.74) is 3.31. The van der Waals surface area contributed by atoms with Gasteiger partial charge in [-0.1, -0.05) is 60.7 Å². The molecule has 34 heavy (non-hydrogen) atoms. The third-order valence-electron chi connectivity index (χ3n) is 6.27. The van der Waals surface area contributed by atoms with E-state index < -0.39 is 0 Å². The minimum absolute atomic E-state index is 0.153. The van der Waals surface area contributed by atoms with E-state index in [0.29, 0.717) is 56.1 Å². The van der Waals surface area contributed by atoms with Crippen LogP contribution in [-0.2, 0) is 17.8 Å². The second kappa shape index (κ2) is 9.87. The fourth-order valence-corrected chi connectivity index (χ4v) is 4.40. The molecule has 0 unspecified atom stereocenters. The quantitative estimate of drug-likeness (QED) is 0.449. The van der Waals surface area contributed by atoms with Gasteiger partial charge in [-0.25, -0.2) is 9.97 Å². The molecule has 1 aliphatic heterocycles. The monoisotopic (exact) mass is 453 g/mol. The van der Waals surface area contributed by atoms with Crippen LogP contribution in [0.15, 0.2) is 83.8 Å². The standard InChI is InChI=1S/C27H27N5O2/c33-24(14-13-21-8-3-1-4-9-21)30-16-18-31(19-17-30)26-27(34)32(20-22-10-5-2-6-11-22)25-23(29-26)12-7-15-28-25/h1-12,15H,13-14,16-20H2. The maximum absolute atomic E-state index is 13.5. The van der Waals surface area contributed by atoms with Gasteiger partial charge in [0.15, 0.2) is 11.5 Å². The van der Waals surface area contributed by atoms with Crippen LogP contribution in [0.3, 0.4) is 0 Å². The summed E-state index contributed by atoms with van der Waals surface area (Å²) >= 11 is 0. The number of hydrogen-bond donors (Lipinski definition) is 0. The van der Waals surface area contributed by atoms with Crippen LogP contribution in [0.25, 0.3) is 11.2 Å². The van der Waals surface area contributed by atoms with Crippen LogP contribution < -0.4 is 10.5 Å². The van der Waals surface area contributed by atoms with Crippen LogP contribution in [0, 0.1) is 0 Å². The summed E-state index contributed by atoms with van der Waals surface area (Å²) in [4.78, 5) is 39.2. The Morgan fingerprint density at radius 2 is 1.50 bits per heavy atom. The van der Waals surface area contributed by atoms with Gasteiger partial charge in [0.2, 0.25) is 5.91 Å². The number of rotatable bonds is 6. The van der Waals surface area contributed by atoms with E-state index in [1.54, 1.807) is 10.8 Å². The molecule has 0 atom stereocenters. The number of benzene rings is 2. The molecule has 0 saturated carbocycles. The van der Waals surface area contributed by atoms with Gasteiger partial charge in [-0.3, -0.25) is 14.2 Å². The Morgan fingerprint density at radius 3 is 2.21 bits per heavy atom. The molecule has 7 nitrogen and oxygen atoms in total. The average molecular weight is 454 g/mol. The molecular weight excluding hydrogens is 426 g/mol. The maximum atomic E-state index is 13.5. The molecule has 0 aliphatic carbocycles. The third kappa shape index (κ3) is 4.69. The summed E-state index contributed by atoms with van der Waals surface area (Å²) in [6.07, 6.45) is 2.92. The van der Waals surface area contributed by atoms with Crippen LogP contribution in [0.5, 0.6) is 0 Å². The van der Waals surface area contributed by atoms with Crippen molar-refractivity contribution >= 4 is 22.9 Å². The number of piperazine rings is 1. The van der Waals surface area contributed by atoms with Crippen molar-refractivity contribution in [2.75, 3.05) is 31.1 Å². The molecule has 7 heteroatoms. The highest BCUT2D eigenvalue weighted by Crippen LogP contribution is 2.16. The van der Waals surface area contributed by atoms with Crippen molar-refractivity contribution in [3.05, 3.63) is 100 Å². The van der Waals surface area contributed by atoms with E-state index in [2.05, 4.69) is 9.97 Å². The first kappa shape index (κ1) is 21.8. The van der Waals surface area contributed by atoms with E-state index in [9.17, 15) is 9.59 Å². The van der Waals surface area contributed by atoms with Gasteiger partial charge < -0.3 is 9.80 Å². The first-order valence-electron chi connectivity index (χ1n) is 11.7. The number of hydrogen-bond acceptors (Lipinski definition) is 5. The highest BCUT2D eigenvalue weighted by atomic mass is 16.2. The summed E-state index contributed by atoms with van der Waals surface area (Å²) < 4.78 is 1.70. The minimum Gasteiger partial charge on any atom is -0.348 e. The molecule has 172 valence electrons. The Kier molecular flexibility index (Phi) is 6.33. The maximum Gasteiger partial charge on any atom is 0.295 e. The molecule has 0 spiro atoms. The number of fused-ring (bicyclic) bond motifs is 1. The van der Waals surface area contributed by atoms with E-state index >= 15 is 0 Å². The Balaban J connectivity index is 1.32. The van der Waals surface area contributed by atoms with Crippen molar-refractivity contribution < 1.29 is 4.79 Å². The van der Waals surface area contributed by atoms with E-state index in [1.165, 1.54) is 5.56 Å². The lowest BCUT2D eigenvalue weighted by Crippen LogP contribution is -2.50. The van der Waals surface area contributed by atoms with Gasteiger partial charge in [0.05, 0.1) is 6.54 Å². The van der Waals surface area contributed by atoms with Crippen molar-refractivity contribution in [1.82, 2.24) is 19.4 Å². The number of carbonyl (C=O) groups excluding carboxylic acids is 1. The van der Waals surface area contributed by atoms with Gasteiger partial charge in [0, 0.05) is 38.8 Å². The van der Waals surface area contributed by atoms with E-state index in [1.807, 2.05) is 82.6 Å². The zero-order valence-electron chi connectivity index (χ0n) is 19.0. The molecule has 0 N–H and O–H groups in total. The smallest absolute Gasteiger partial charge is 0.295 e. The first-order chi connectivity index (χ1) is 16.7. The Morgan fingerprint density at radius 1 is 0.824 bits per heavy atom. The lowest BCUT2D eigenvalue weighted by molar-refractivity contribution is -0.131. The normalized spacial score (nSPS) is 13.9. The fraction of sp³-hybridized carbons (Fsp3) is 0.259. The molecular formula is C27H27N5O2. The number of amides is 1. The third-order valence-corrected chi connectivity index (χ3v) is 6.27.